The lowest BCUT2D eigenvalue weighted by Gasteiger charge is -2.27. The maximum absolute atomic E-state index is 12.1. The zero-order valence-electron chi connectivity index (χ0n) is 13.8. The van der Waals surface area contributed by atoms with Gasteiger partial charge in [-0.05, 0) is 49.9 Å². The molecule has 9 heteroatoms. The van der Waals surface area contributed by atoms with E-state index in [1.807, 2.05) is 0 Å². The molecular formula is C15H25Cl2N3O3S. The fraction of sp³-hybridized carbons (Fsp3) is 0.600. The molecule has 1 unspecified atom stereocenters. The van der Waals surface area contributed by atoms with Crippen molar-refractivity contribution in [2.75, 3.05) is 24.7 Å². The van der Waals surface area contributed by atoms with Crippen LogP contribution < -0.4 is 10.6 Å². The van der Waals surface area contributed by atoms with Crippen molar-refractivity contribution < 1.29 is 13.2 Å². The molecule has 2 rings (SSSR count). The average molecular weight is 398 g/mol. The van der Waals surface area contributed by atoms with Crippen LogP contribution in [0.4, 0.5) is 5.69 Å². The third-order valence-corrected chi connectivity index (χ3v) is 5.10. The highest BCUT2D eigenvalue weighted by molar-refractivity contribution is 7.90. The van der Waals surface area contributed by atoms with Gasteiger partial charge in [0.2, 0.25) is 5.91 Å². The van der Waals surface area contributed by atoms with Crippen molar-refractivity contribution in [2.24, 2.45) is 11.8 Å². The molecule has 0 aromatic carbocycles. The zero-order valence-corrected chi connectivity index (χ0v) is 16.3. The summed E-state index contributed by atoms with van der Waals surface area (Å²) in [5.74, 6) is 0.864. The number of carbonyl (C=O) groups is 1. The molecule has 0 aliphatic carbocycles. The van der Waals surface area contributed by atoms with E-state index in [0.29, 0.717) is 23.9 Å². The molecule has 6 nitrogen and oxygen atoms in total. The number of hydrogen-bond acceptors (Lipinski definition) is 5. The summed E-state index contributed by atoms with van der Waals surface area (Å²) in [4.78, 5) is 15.9. The molecule has 1 aromatic heterocycles. The normalized spacial score (nSPS) is 16.4. The standard InChI is InChI=1S/C15H23N3O3S.2ClH/c1-11(12-5-7-16-8-6-12)9-14(19)18-13-3-4-15(17-10-13)22(2,20)21;;/h3-4,10-12,16H,5-9H2,1-2H3,(H,18,19);2*1H. The molecule has 1 amide bonds. The summed E-state index contributed by atoms with van der Waals surface area (Å²) >= 11 is 0. The van der Waals surface area contributed by atoms with Gasteiger partial charge in [-0.15, -0.1) is 24.8 Å². The van der Waals surface area contributed by atoms with Gasteiger partial charge >= 0.3 is 0 Å². The van der Waals surface area contributed by atoms with Gasteiger partial charge in [-0.2, -0.15) is 0 Å². The van der Waals surface area contributed by atoms with Crippen LogP contribution in [0.5, 0.6) is 0 Å². The second-order valence-electron chi connectivity index (χ2n) is 5.97. The van der Waals surface area contributed by atoms with E-state index < -0.39 is 9.84 Å². The Bertz CT molecular complexity index is 617. The van der Waals surface area contributed by atoms with Crippen molar-refractivity contribution in [3.63, 3.8) is 0 Å². The molecule has 0 radical (unpaired) electrons. The van der Waals surface area contributed by atoms with Gasteiger partial charge in [-0.1, -0.05) is 6.92 Å². The number of rotatable bonds is 5. The lowest BCUT2D eigenvalue weighted by Crippen LogP contribution is -2.32. The zero-order chi connectivity index (χ0) is 16.2. The fourth-order valence-electron chi connectivity index (χ4n) is 2.76. The summed E-state index contributed by atoms with van der Waals surface area (Å²) in [6, 6.07) is 2.97. The average Bonchev–Trinajstić information content (AvgIpc) is 2.47. The van der Waals surface area contributed by atoms with Gasteiger partial charge in [0, 0.05) is 12.7 Å². The summed E-state index contributed by atoms with van der Waals surface area (Å²) in [6.45, 7) is 4.15. The summed E-state index contributed by atoms with van der Waals surface area (Å²) in [6.07, 6.45) is 5.17. The van der Waals surface area contributed by atoms with Crippen LogP contribution in [0.25, 0.3) is 0 Å². The molecule has 1 atom stereocenters. The highest BCUT2D eigenvalue weighted by Gasteiger charge is 2.22. The van der Waals surface area contributed by atoms with Crippen LogP contribution >= 0.6 is 24.8 Å². The van der Waals surface area contributed by atoms with Gasteiger partial charge in [-0.3, -0.25) is 4.79 Å². The smallest absolute Gasteiger partial charge is 0.224 e. The van der Waals surface area contributed by atoms with Crippen molar-refractivity contribution in [1.82, 2.24) is 10.3 Å². The Morgan fingerprint density at radius 3 is 2.46 bits per heavy atom. The van der Waals surface area contributed by atoms with Crippen LogP contribution in [0.3, 0.4) is 0 Å². The predicted molar refractivity (Wildman–Crippen MR) is 99.8 cm³/mol. The molecule has 2 N–H and O–H groups in total. The topological polar surface area (TPSA) is 88.2 Å². The molecule has 1 aliphatic rings. The Labute approximate surface area is 155 Å². The van der Waals surface area contributed by atoms with E-state index in [4.69, 9.17) is 0 Å². The quantitative estimate of drug-likeness (QED) is 0.795. The molecule has 0 saturated carbocycles. The van der Waals surface area contributed by atoms with Crippen LogP contribution in [-0.4, -0.2) is 38.7 Å². The van der Waals surface area contributed by atoms with Crippen LogP contribution in [0.2, 0.25) is 0 Å². The van der Waals surface area contributed by atoms with Crippen molar-refractivity contribution >= 4 is 46.2 Å². The Balaban J connectivity index is 0.00000264. The minimum absolute atomic E-state index is 0. The Hall–Kier alpha value is -0.890. The van der Waals surface area contributed by atoms with Crippen LogP contribution in [-0.2, 0) is 14.6 Å². The number of hydrogen-bond donors (Lipinski definition) is 2. The first-order chi connectivity index (χ1) is 10.4. The highest BCUT2D eigenvalue weighted by Crippen LogP contribution is 2.24. The molecule has 1 aliphatic heterocycles. The van der Waals surface area contributed by atoms with E-state index in [-0.39, 0.29) is 35.7 Å². The van der Waals surface area contributed by atoms with Gasteiger partial charge in [0.15, 0.2) is 14.9 Å². The van der Waals surface area contributed by atoms with E-state index in [9.17, 15) is 13.2 Å². The lowest BCUT2D eigenvalue weighted by atomic mass is 9.84. The predicted octanol–water partition coefficient (Wildman–Crippen LogP) is 2.29. The van der Waals surface area contributed by atoms with Crippen LogP contribution in [0, 0.1) is 11.8 Å². The second-order valence-corrected chi connectivity index (χ2v) is 7.94. The molecular weight excluding hydrogens is 373 g/mol. The van der Waals surface area contributed by atoms with Crippen molar-refractivity contribution in [1.29, 1.82) is 0 Å². The molecule has 1 fully saturated rings. The maximum Gasteiger partial charge on any atom is 0.224 e. The first-order valence-electron chi connectivity index (χ1n) is 7.53. The largest absolute Gasteiger partial charge is 0.325 e. The molecule has 1 saturated heterocycles. The van der Waals surface area contributed by atoms with Crippen LogP contribution in [0.15, 0.2) is 23.4 Å². The van der Waals surface area contributed by atoms with E-state index >= 15 is 0 Å². The third-order valence-electron chi connectivity index (χ3n) is 4.10. The number of carbonyl (C=O) groups excluding carboxylic acids is 1. The highest BCUT2D eigenvalue weighted by atomic mass is 35.5. The summed E-state index contributed by atoms with van der Waals surface area (Å²) in [7, 11) is -3.31. The monoisotopic (exact) mass is 397 g/mol. The number of nitrogens with one attached hydrogen (secondary N) is 2. The van der Waals surface area contributed by atoms with Crippen molar-refractivity contribution in [3.05, 3.63) is 18.3 Å². The number of piperidine rings is 1. The first-order valence-corrected chi connectivity index (χ1v) is 9.42. The van der Waals surface area contributed by atoms with Gasteiger partial charge in [0.05, 0.1) is 11.9 Å². The van der Waals surface area contributed by atoms with Crippen molar-refractivity contribution in [2.45, 2.75) is 31.2 Å². The first kappa shape index (κ1) is 23.1. The van der Waals surface area contributed by atoms with Gasteiger partial charge in [-0.25, -0.2) is 13.4 Å². The Kier molecular flexibility index (Phi) is 9.80. The number of anilines is 1. The molecule has 2 heterocycles. The maximum atomic E-state index is 12.1. The van der Waals surface area contributed by atoms with Crippen LogP contribution in [0.1, 0.15) is 26.2 Å². The van der Waals surface area contributed by atoms with Gasteiger partial charge in [0.25, 0.3) is 0 Å². The Morgan fingerprint density at radius 2 is 1.96 bits per heavy atom. The molecule has 0 spiro atoms. The van der Waals surface area contributed by atoms with E-state index in [1.165, 1.54) is 12.3 Å². The van der Waals surface area contributed by atoms with Gasteiger partial charge in [0.1, 0.15) is 0 Å². The number of aromatic nitrogens is 1. The molecule has 1 aromatic rings. The third kappa shape index (κ3) is 6.93. The van der Waals surface area contributed by atoms with Gasteiger partial charge < -0.3 is 10.6 Å². The number of sulfone groups is 1. The number of halogens is 2. The molecule has 0 bridgehead atoms. The molecule has 24 heavy (non-hydrogen) atoms. The number of nitrogens with zero attached hydrogens (tertiary/aromatic N) is 1. The SMILES string of the molecule is CC(CC(=O)Nc1ccc(S(C)(=O)=O)nc1)C1CCNCC1.Cl.Cl. The lowest BCUT2D eigenvalue weighted by molar-refractivity contribution is -0.117. The van der Waals surface area contributed by atoms with E-state index in [2.05, 4.69) is 22.5 Å². The fourth-order valence-corrected chi connectivity index (χ4v) is 3.32. The Morgan fingerprint density at radius 1 is 1.33 bits per heavy atom. The minimum Gasteiger partial charge on any atom is -0.325 e. The number of amides is 1. The second kappa shape index (κ2) is 10.2. The summed E-state index contributed by atoms with van der Waals surface area (Å²) < 4.78 is 22.7. The summed E-state index contributed by atoms with van der Waals surface area (Å²) in [5, 5.41) is 6.11. The minimum atomic E-state index is -3.31. The molecule has 138 valence electrons. The van der Waals surface area contributed by atoms with E-state index in [1.54, 1.807) is 6.07 Å². The van der Waals surface area contributed by atoms with E-state index in [0.717, 1.165) is 32.2 Å². The van der Waals surface area contributed by atoms with Crippen molar-refractivity contribution in [3.8, 4) is 0 Å². The summed E-state index contributed by atoms with van der Waals surface area (Å²) in [5.41, 5.74) is 0.523. The number of pyridine rings is 1.